The summed E-state index contributed by atoms with van der Waals surface area (Å²) in [4.78, 5) is 0. The molecule has 0 fully saturated rings. The summed E-state index contributed by atoms with van der Waals surface area (Å²) in [6.45, 7) is 0.417. The Kier molecular flexibility index (Phi) is 3.37. The van der Waals surface area contributed by atoms with E-state index in [4.69, 9.17) is 9.26 Å². The molecule has 0 aliphatic carbocycles. The minimum Gasteiger partial charge on any atom is -0.479 e. The van der Waals surface area contributed by atoms with Gasteiger partial charge in [-0.1, -0.05) is 0 Å². The smallest absolute Gasteiger partial charge is 0.254 e. The molecule has 2 aromatic rings. The first-order chi connectivity index (χ1) is 8.46. The molecule has 0 amide bonds. The van der Waals surface area contributed by atoms with E-state index in [-0.39, 0.29) is 0 Å². The van der Waals surface area contributed by atoms with Crippen LogP contribution in [0.25, 0.3) is 0 Å². The average Bonchev–Trinajstić information content (AvgIpc) is 2.86. The van der Waals surface area contributed by atoms with Crippen molar-refractivity contribution in [3.05, 3.63) is 24.2 Å². The Labute approximate surface area is 105 Å². The van der Waals surface area contributed by atoms with Crippen LogP contribution in [0.15, 0.2) is 27.3 Å². The summed E-state index contributed by atoms with van der Waals surface area (Å²) in [6.07, 6.45) is 6.40. The van der Waals surface area contributed by atoms with Gasteiger partial charge in [-0.15, -0.1) is 0 Å². The number of hydrogen-bond acceptors (Lipinski definition) is 6. The molecule has 98 valence electrons. The number of methoxy groups -OCH3 is 1. The lowest BCUT2D eigenvalue weighted by Crippen LogP contribution is -1.98. The second kappa shape index (κ2) is 4.81. The molecular weight excluding hydrogens is 256 g/mol. The Morgan fingerprint density at radius 2 is 2.33 bits per heavy atom. The first kappa shape index (κ1) is 12.6. The van der Waals surface area contributed by atoms with Gasteiger partial charge in [-0.3, -0.25) is 4.68 Å². The normalized spacial score (nSPS) is 11.5. The maximum absolute atomic E-state index is 11.5. The van der Waals surface area contributed by atoms with Crippen LogP contribution in [0, 0.1) is 0 Å². The first-order valence-corrected chi connectivity index (χ1v) is 7.48. The molecule has 2 rings (SSSR count). The van der Waals surface area contributed by atoms with Crippen LogP contribution in [0.5, 0.6) is 5.88 Å². The summed E-state index contributed by atoms with van der Waals surface area (Å²) in [7, 11) is -0.651. The average molecular weight is 270 g/mol. The van der Waals surface area contributed by atoms with Gasteiger partial charge in [0, 0.05) is 28.3 Å². The van der Waals surface area contributed by atoms with Gasteiger partial charge < -0.3 is 9.26 Å². The van der Waals surface area contributed by atoms with Gasteiger partial charge in [-0.05, 0) is 5.16 Å². The lowest BCUT2D eigenvalue weighted by Gasteiger charge is -1.94. The second-order valence-corrected chi connectivity index (χ2v) is 6.55. The van der Waals surface area contributed by atoms with Crippen LogP contribution in [0.4, 0.5) is 5.69 Å². The molecule has 0 radical (unpaired) electrons. The first-order valence-electron chi connectivity index (χ1n) is 5.15. The summed E-state index contributed by atoms with van der Waals surface area (Å²) < 4.78 is 27.2. The Bertz CT molecular complexity index is 644. The van der Waals surface area contributed by atoms with Crippen LogP contribution in [0.2, 0.25) is 0 Å². The van der Waals surface area contributed by atoms with E-state index in [0.717, 1.165) is 0 Å². The lowest BCUT2D eigenvalue weighted by atomic mass is 10.4. The molecule has 0 atom stereocenters. The number of ether oxygens (including phenoxy) is 1. The summed E-state index contributed by atoms with van der Waals surface area (Å²) in [5.41, 5.74) is 0.580. The van der Waals surface area contributed by atoms with Gasteiger partial charge in [0.15, 0.2) is 5.76 Å². The molecular formula is C10H14N4O3S. The predicted octanol–water partition coefficient (Wildman–Crippen LogP) is 1.29. The molecule has 18 heavy (non-hydrogen) atoms. The number of hydrogen-bond donors (Lipinski definition) is 0. The Morgan fingerprint density at radius 3 is 2.94 bits per heavy atom. The van der Waals surface area contributed by atoms with Crippen LogP contribution in [-0.2, 0) is 16.3 Å². The van der Waals surface area contributed by atoms with E-state index < -0.39 is 9.73 Å². The monoisotopic (exact) mass is 270 g/mol. The van der Waals surface area contributed by atoms with Crippen LogP contribution in [0.1, 0.15) is 5.76 Å². The zero-order valence-corrected chi connectivity index (χ0v) is 11.2. The highest BCUT2D eigenvalue weighted by atomic mass is 32.2. The van der Waals surface area contributed by atoms with E-state index in [2.05, 4.69) is 14.6 Å². The summed E-state index contributed by atoms with van der Waals surface area (Å²) >= 11 is 0. The Hall–Kier alpha value is -1.83. The Morgan fingerprint density at radius 1 is 1.56 bits per heavy atom. The fourth-order valence-corrected chi connectivity index (χ4v) is 1.97. The van der Waals surface area contributed by atoms with E-state index >= 15 is 0 Å². The number of rotatable bonds is 4. The fraction of sp³-hybridized carbons (Fsp3) is 0.400. The van der Waals surface area contributed by atoms with Gasteiger partial charge in [-0.2, -0.15) is 9.46 Å². The third kappa shape index (κ3) is 3.33. The van der Waals surface area contributed by atoms with E-state index in [1.54, 1.807) is 35.7 Å². The molecule has 7 nitrogen and oxygen atoms in total. The highest BCUT2D eigenvalue weighted by Gasteiger charge is 2.06. The van der Waals surface area contributed by atoms with E-state index in [9.17, 15) is 4.21 Å². The Balaban J connectivity index is 2.14. The number of nitrogens with zero attached hydrogens (tertiary/aromatic N) is 4. The standard InChI is InChI=1S/C10H14N4O3S/c1-16-10-4-9(17-12-10)7-14-6-8(5-11-14)13-18(2,3)15/h4-6H,7H2,1-3H3. The fourth-order valence-electron chi connectivity index (χ4n) is 1.36. The van der Waals surface area contributed by atoms with Gasteiger partial charge in [0.25, 0.3) is 5.88 Å². The molecule has 2 aromatic heterocycles. The van der Waals surface area contributed by atoms with E-state index in [1.165, 1.54) is 7.11 Å². The van der Waals surface area contributed by atoms with Crippen LogP contribution >= 0.6 is 0 Å². The van der Waals surface area contributed by atoms with E-state index in [1.807, 2.05) is 0 Å². The SMILES string of the molecule is COc1cc(Cn2cc(N=S(C)(C)=O)cn2)on1. The van der Waals surface area contributed by atoms with Crippen molar-refractivity contribution in [2.75, 3.05) is 19.6 Å². The van der Waals surface area contributed by atoms with Crippen molar-refractivity contribution in [2.45, 2.75) is 6.54 Å². The van der Waals surface area contributed by atoms with Gasteiger partial charge in [-0.25, -0.2) is 4.21 Å². The number of aromatic nitrogens is 3. The maximum atomic E-state index is 11.5. The highest BCUT2D eigenvalue weighted by Crippen LogP contribution is 2.15. The summed E-state index contributed by atoms with van der Waals surface area (Å²) in [6, 6.07) is 1.68. The maximum Gasteiger partial charge on any atom is 0.254 e. The van der Waals surface area contributed by atoms with Crippen LogP contribution < -0.4 is 4.74 Å². The van der Waals surface area contributed by atoms with Crippen molar-refractivity contribution in [3.8, 4) is 5.88 Å². The molecule has 0 bridgehead atoms. The minimum atomic E-state index is -2.17. The lowest BCUT2D eigenvalue weighted by molar-refractivity contribution is 0.322. The summed E-state index contributed by atoms with van der Waals surface area (Å²) in [5.74, 6) is 1.04. The third-order valence-electron chi connectivity index (χ3n) is 2.01. The van der Waals surface area contributed by atoms with Crippen molar-refractivity contribution in [1.29, 1.82) is 0 Å². The second-order valence-electron chi connectivity index (χ2n) is 4.00. The zero-order valence-electron chi connectivity index (χ0n) is 10.4. The topological polar surface area (TPSA) is 82.5 Å². The molecule has 0 aliphatic heterocycles. The van der Waals surface area contributed by atoms with Crippen molar-refractivity contribution >= 4 is 15.4 Å². The molecule has 0 aromatic carbocycles. The quantitative estimate of drug-likeness (QED) is 0.836. The molecule has 0 spiro atoms. The molecule has 0 unspecified atom stereocenters. The van der Waals surface area contributed by atoms with Crippen LogP contribution in [0.3, 0.4) is 0 Å². The predicted molar refractivity (Wildman–Crippen MR) is 66.5 cm³/mol. The van der Waals surface area contributed by atoms with E-state index in [0.29, 0.717) is 23.9 Å². The third-order valence-corrected chi connectivity index (χ3v) is 2.66. The molecule has 0 saturated carbocycles. The molecule has 0 N–H and O–H groups in total. The molecule has 0 saturated heterocycles. The highest BCUT2D eigenvalue weighted by molar-refractivity contribution is 7.92. The van der Waals surface area contributed by atoms with Gasteiger partial charge in [0.1, 0.15) is 12.2 Å². The van der Waals surface area contributed by atoms with Gasteiger partial charge >= 0.3 is 0 Å². The van der Waals surface area contributed by atoms with Crippen molar-refractivity contribution < 1.29 is 13.5 Å². The summed E-state index contributed by atoms with van der Waals surface area (Å²) in [5, 5.41) is 7.79. The largest absolute Gasteiger partial charge is 0.479 e. The van der Waals surface area contributed by atoms with Gasteiger partial charge in [0.05, 0.1) is 19.5 Å². The van der Waals surface area contributed by atoms with Crippen molar-refractivity contribution in [3.63, 3.8) is 0 Å². The van der Waals surface area contributed by atoms with Gasteiger partial charge in [0.2, 0.25) is 0 Å². The van der Waals surface area contributed by atoms with Crippen molar-refractivity contribution in [2.24, 2.45) is 4.36 Å². The zero-order chi connectivity index (χ0) is 13.2. The van der Waals surface area contributed by atoms with Crippen LogP contribution in [-0.4, -0.2) is 38.8 Å². The molecule has 0 aliphatic rings. The molecule has 2 heterocycles. The molecule has 8 heteroatoms. The van der Waals surface area contributed by atoms with Crippen molar-refractivity contribution in [1.82, 2.24) is 14.9 Å². The minimum absolute atomic E-state index is 0.417.